The van der Waals surface area contributed by atoms with Gasteiger partial charge in [0, 0.05) is 27.7 Å². The molecule has 146 valence electrons. The molecule has 1 heterocycles. The number of hydrogen-bond acceptors (Lipinski definition) is 5. The van der Waals surface area contributed by atoms with E-state index in [1.165, 1.54) is 18.3 Å². The SMILES string of the molecule is CC.Nc1ncc(-c2ccc(C(=O)O)cc2)nc1NCc1c(Cl)cccc1Cl. The summed E-state index contributed by atoms with van der Waals surface area (Å²) in [6.45, 7) is 4.33. The highest BCUT2D eigenvalue weighted by Crippen LogP contribution is 2.26. The first-order chi connectivity index (χ1) is 13.5. The van der Waals surface area contributed by atoms with Crippen molar-refractivity contribution in [3.05, 3.63) is 69.8 Å². The van der Waals surface area contributed by atoms with E-state index in [-0.39, 0.29) is 11.4 Å². The van der Waals surface area contributed by atoms with E-state index >= 15 is 0 Å². The highest BCUT2D eigenvalue weighted by atomic mass is 35.5. The van der Waals surface area contributed by atoms with E-state index in [4.69, 9.17) is 34.0 Å². The Morgan fingerprint density at radius 1 is 1.11 bits per heavy atom. The predicted octanol–water partition coefficient (Wildman–Crippen LogP) is 5.37. The minimum absolute atomic E-state index is 0.198. The zero-order valence-corrected chi connectivity index (χ0v) is 16.9. The van der Waals surface area contributed by atoms with Crippen molar-refractivity contribution in [1.29, 1.82) is 0 Å². The maximum Gasteiger partial charge on any atom is 0.335 e. The second-order valence-electron chi connectivity index (χ2n) is 5.43. The number of aromatic nitrogens is 2. The van der Waals surface area contributed by atoms with E-state index < -0.39 is 5.97 Å². The molecule has 0 spiro atoms. The fourth-order valence-electron chi connectivity index (χ4n) is 2.32. The third kappa shape index (κ3) is 5.12. The number of nitrogens with one attached hydrogen (secondary N) is 1. The zero-order valence-electron chi connectivity index (χ0n) is 15.4. The Kier molecular flexibility index (Phi) is 7.61. The quantitative estimate of drug-likeness (QED) is 0.514. The molecule has 8 heteroatoms. The Morgan fingerprint density at radius 2 is 1.71 bits per heavy atom. The fraction of sp³-hybridized carbons (Fsp3) is 0.150. The summed E-state index contributed by atoms with van der Waals surface area (Å²) in [5.41, 5.74) is 8.10. The van der Waals surface area contributed by atoms with Gasteiger partial charge in [0.05, 0.1) is 17.5 Å². The lowest BCUT2D eigenvalue weighted by molar-refractivity contribution is 0.0697. The summed E-state index contributed by atoms with van der Waals surface area (Å²) in [7, 11) is 0. The lowest BCUT2D eigenvalue weighted by atomic mass is 10.1. The standard InChI is InChI=1S/C18H14Cl2N4O2.C2H6/c19-13-2-1-3-14(20)12(13)8-23-17-16(21)22-9-15(24-17)10-4-6-11(7-5-10)18(25)26;1-2/h1-7,9H,8H2,(H2,21,22)(H,23,24)(H,25,26);1-2H3. The van der Waals surface area contributed by atoms with Gasteiger partial charge >= 0.3 is 5.97 Å². The maximum absolute atomic E-state index is 10.9. The molecule has 0 bridgehead atoms. The highest BCUT2D eigenvalue weighted by molar-refractivity contribution is 6.36. The van der Waals surface area contributed by atoms with Crippen molar-refractivity contribution in [2.24, 2.45) is 0 Å². The number of aromatic carboxylic acids is 1. The summed E-state index contributed by atoms with van der Waals surface area (Å²) in [5, 5.41) is 13.1. The molecule has 28 heavy (non-hydrogen) atoms. The number of carboxylic acid groups (broad SMARTS) is 1. The normalized spacial score (nSPS) is 10.0. The molecular formula is C20H20Cl2N4O2. The highest BCUT2D eigenvalue weighted by Gasteiger charge is 2.10. The van der Waals surface area contributed by atoms with Gasteiger partial charge in [-0.3, -0.25) is 0 Å². The van der Waals surface area contributed by atoms with Gasteiger partial charge in [-0.1, -0.05) is 55.2 Å². The van der Waals surface area contributed by atoms with Gasteiger partial charge in [-0.25, -0.2) is 14.8 Å². The van der Waals surface area contributed by atoms with Crippen molar-refractivity contribution in [2.75, 3.05) is 11.1 Å². The van der Waals surface area contributed by atoms with Crippen LogP contribution in [0.25, 0.3) is 11.3 Å². The molecule has 3 rings (SSSR count). The molecule has 0 saturated heterocycles. The van der Waals surface area contributed by atoms with E-state index in [2.05, 4.69) is 15.3 Å². The molecule has 0 fully saturated rings. The first-order valence-electron chi connectivity index (χ1n) is 8.58. The molecule has 0 saturated carbocycles. The molecule has 0 aliphatic carbocycles. The molecular weight excluding hydrogens is 399 g/mol. The van der Waals surface area contributed by atoms with Gasteiger partial charge in [0.15, 0.2) is 11.6 Å². The third-order valence-electron chi connectivity index (χ3n) is 3.72. The molecule has 0 atom stereocenters. The van der Waals surface area contributed by atoms with Gasteiger partial charge in [-0.05, 0) is 24.3 Å². The molecule has 0 amide bonds. The Labute approximate surface area is 173 Å². The minimum Gasteiger partial charge on any atom is -0.478 e. The van der Waals surface area contributed by atoms with Crippen LogP contribution in [0, 0.1) is 0 Å². The van der Waals surface area contributed by atoms with Crippen molar-refractivity contribution in [2.45, 2.75) is 20.4 Å². The summed E-state index contributed by atoms with van der Waals surface area (Å²) in [5.74, 6) is -0.362. The molecule has 0 aliphatic heterocycles. The Hall–Kier alpha value is -2.83. The largest absolute Gasteiger partial charge is 0.478 e. The first-order valence-corrected chi connectivity index (χ1v) is 9.34. The van der Waals surface area contributed by atoms with E-state index in [1.54, 1.807) is 30.3 Å². The minimum atomic E-state index is -0.987. The summed E-state index contributed by atoms with van der Waals surface area (Å²) in [4.78, 5) is 19.5. The molecule has 0 unspecified atom stereocenters. The molecule has 4 N–H and O–H groups in total. The fourth-order valence-corrected chi connectivity index (χ4v) is 2.86. The van der Waals surface area contributed by atoms with Gasteiger partial charge in [0.1, 0.15) is 0 Å². The summed E-state index contributed by atoms with van der Waals surface area (Å²) < 4.78 is 0. The van der Waals surface area contributed by atoms with Gasteiger partial charge in [0.2, 0.25) is 0 Å². The number of carboxylic acids is 1. The summed E-state index contributed by atoms with van der Waals surface area (Å²) in [6, 6.07) is 11.6. The van der Waals surface area contributed by atoms with Crippen LogP contribution in [-0.2, 0) is 6.54 Å². The monoisotopic (exact) mass is 418 g/mol. The van der Waals surface area contributed by atoms with Crippen LogP contribution in [0.15, 0.2) is 48.7 Å². The third-order valence-corrected chi connectivity index (χ3v) is 4.43. The van der Waals surface area contributed by atoms with E-state index in [0.29, 0.717) is 28.1 Å². The van der Waals surface area contributed by atoms with E-state index in [9.17, 15) is 4.79 Å². The number of nitrogen functional groups attached to an aromatic ring is 1. The predicted molar refractivity (Wildman–Crippen MR) is 114 cm³/mol. The van der Waals surface area contributed by atoms with Crippen molar-refractivity contribution in [1.82, 2.24) is 9.97 Å². The van der Waals surface area contributed by atoms with Crippen molar-refractivity contribution < 1.29 is 9.90 Å². The number of anilines is 2. The van der Waals surface area contributed by atoms with Gasteiger partial charge in [0.25, 0.3) is 0 Å². The van der Waals surface area contributed by atoms with Crippen LogP contribution < -0.4 is 11.1 Å². The van der Waals surface area contributed by atoms with Gasteiger partial charge in [-0.15, -0.1) is 0 Å². The molecule has 0 radical (unpaired) electrons. The second-order valence-corrected chi connectivity index (χ2v) is 6.24. The molecule has 6 nitrogen and oxygen atoms in total. The van der Waals surface area contributed by atoms with Crippen LogP contribution >= 0.6 is 23.2 Å². The smallest absolute Gasteiger partial charge is 0.335 e. The number of halogens is 2. The Bertz CT molecular complexity index is 943. The first kappa shape index (κ1) is 21.5. The van der Waals surface area contributed by atoms with Crippen LogP contribution in [0.3, 0.4) is 0 Å². The van der Waals surface area contributed by atoms with Crippen LogP contribution in [0.1, 0.15) is 29.8 Å². The van der Waals surface area contributed by atoms with Crippen molar-refractivity contribution in [3.63, 3.8) is 0 Å². The van der Waals surface area contributed by atoms with Gasteiger partial charge < -0.3 is 16.2 Å². The van der Waals surface area contributed by atoms with Crippen LogP contribution in [0.2, 0.25) is 10.0 Å². The molecule has 2 aromatic carbocycles. The second kappa shape index (κ2) is 9.92. The van der Waals surface area contributed by atoms with Crippen molar-refractivity contribution >= 4 is 40.8 Å². The summed E-state index contributed by atoms with van der Waals surface area (Å²) in [6.07, 6.45) is 1.53. The zero-order chi connectivity index (χ0) is 20.7. The number of nitrogens with two attached hydrogens (primary N) is 1. The van der Waals surface area contributed by atoms with E-state index in [0.717, 1.165) is 11.1 Å². The summed E-state index contributed by atoms with van der Waals surface area (Å²) >= 11 is 12.3. The number of rotatable bonds is 5. The number of hydrogen-bond donors (Lipinski definition) is 3. The van der Waals surface area contributed by atoms with Gasteiger partial charge in [-0.2, -0.15) is 0 Å². The number of carbonyl (C=O) groups is 1. The molecule has 3 aromatic rings. The lowest BCUT2D eigenvalue weighted by Crippen LogP contribution is -2.07. The topological polar surface area (TPSA) is 101 Å². The average molecular weight is 419 g/mol. The average Bonchev–Trinajstić information content (AvgIpc) is 2.70. The molecule has 0 aliphatic rings. The van der Waals surface area contributed by atoms with Crippen LogP contribution in [0.4, 0.5) is 11.6 Å². The number of benzene rings is 2. The van der Waals surface area contributed by atoms with Crippen LogP contribution in [-0.4, -0.2) is 21.0 Å². The Balaban J connectivity index is 0.00000136. The lowest BCUT2D eigenvalue weighted by Gasteiger charge is -2.12. The van der Waals surface area contributed by atoms with Crippen LogP contribution in [0.5, 0.6) is 0 Å². The van der Waals surface area contributed by atoms with Crippen molar-refractivity contribution in [3.8, 4) is 11.3 Å². The Morgan fingerprint density at radius 3 is 2.29 bits per heavy atom. The van der Waals surface area contributed by atoms with E-state index in [1.807, 2.05) is 13.8 Å². The number of nitrogens with zero attached hydrogens (tertiary/aromatic N) is 2. The molecule has 1 aromatic heterocycles. The maximum atomic E-state index is 10.9.